The summed E-state index contributed by atoms with van der Waals surface area (Å²) in [5.74, 6) is -0.812. The fourth-order valence-corrected chi connectivity index (χ4v) is 3.74. The number of carbonyl (C=O) groups excluding carboxylic acids is 2. The topological polar surface area (TPSA) is 86.0 Å². The zero-order valence-electron chi connectivity index (χ0n) is 15.2. The number of H-pyrrole nitrogens is 1. The first-order valence-electron chi connectivity index (χ1n) is 8.97. The second-order valence-corrected chi connectivity index (χ2v) is 7.03. The van der Waals surface area contributed by atoms with E-state index in [0.29, 0.717) is 28.1 Å². The van der Waals surface area contributed by atoms with Crippen LogP contribution in [0.1, 0.15) is 39.3 Å². The average molecular weight is 368 g/mol. The van der Waals surface area contributed by atoms with Crippen molar-refractivity contribution in [2.45, 2.75) is 26.3 Å². The molecule has 1 fully saturated rings. The van der Waals surface area contributed by atoms with E-state index in [0.717, 1.165) is 30.8 Å². The van der Waals surface area contributed by atoms with Crippen LogP contribution in [0.15, 0.2) is 18.2 Å². The van der Waals surface area contributed by atoms with Gasteiger partial charge in [-0.3, -0.25) is 9.59 Å². The lowest BCUT2D eigenvalue weighted by molar-refractivity contribution is -0.110. The molecule has 4 rings (SSSR count). The summed E-state index contributed by atoms with van der Waals surface area (Å²) in [5.41, 5.74) is 4.24. The Balaban J connectivity index is 1.68. The van der Waals surface area contributed by atoms with E-state index in [1.807, 2.05) is 13.8 Å². The van der Waals surface area contributed by atoms with E-state index in [4.69, 9.17) is 0 Å². The van der Waals surface area contributed by atoms with Crippen LogP contribution in [0.5, 0.6) is 0 Å². The number of amides is 2. The number of halogens is 1. The van der Waals surface area contributed by atoms with Gasteiger partial charge in [0.05, 0.1) is 11.1 Å². The van der Waals surface area contributed by atoms with Crippen LogP contribution in [-0.2, 0) is 4.79 Å². The Morgan fingerprint density at radius 3 is 2.89 bits per heavy atom. The first-order valence-corrected chi connectivity index (χ1v) is 8.97. The summed E-state index contributed by atoms with van der Waals surface area (Å²) >= 11 is 0. The number of aryl methyl sites for hydroxylation is 1. The summed E-state index contributed by atoms with van der Waals surface area (Å²) in [7, 11) is 0. The van der Waals surface area contributed by atoms with Gasteiger partial charge >= 0.3 is 0 Å². The fraction of sp³-hybridized carbons (Fsp3) is 0.300. The molecule has 1 aromatic carbocycles. The van der Waals surface area contributed by atoms with E-state index in [9.17, 15) is 14.0 Å². The number of hydrogen-bond donors (Lipinski definition) is 4. The van der Waals surface area contributed by atoms with E-state index in [1.165, 1.54) is 12.1 Å². The molecule has 0 saturated carbocycles. The van der Waals surface area contributed by atoms with Crippen LogP contribution in [-0.4, -0.2) is 35.9 Å². The van der Waals surface area contributed by atoms with Crippen LogP contribution in [0.25, 0.3) is 11.6 Å². The van der Waals surface area contributed by atoms with Gasteiger partial charge in [-0.05, 0) is 56.7 Å². The molecule has 2 aliphatic heterocycles. The third-order valence-electron chi connectivity index (χ3n) is 5.15. The molecule has 0 spiro atoms. The van der Waals surface area contributed by atoms with Gasteiger partial charge in [0.1, 0.15) is 5.82 Å². The monoisotopic (exact) mass is 368 g/mol. The number of carbonyl (C=O) groups is 2. The third kappa shape index (κ3) is 3.14. The highest BCUT2D eigenvalue weighted by Gasteiger charge is 2.26. The maximum atomic E-state index is 13.6. The average Bonchev–Trinajstić information content (AvgIpc) is 3.29. The quantitative estimate of drug-likeness (QED) is 0.628. The van der Waals surface area contributed by atoms with Crippen molar-refractivity contribution in [1.82, 2.24) is 15.6 Å². The molecular formula is C20H21FN4O2. The van der Waals surface area contributed by atoms with Gasteiger partial charge < -0.3 is 20.9 Å². The van der Waals surface area contributed by atoms with Crippen LogP contribution < -0.4 is 16.0 Å². The van der Waals surface area contributed by atoms with Crippen LogP contribution in [0.4, 0.5) is 10.1 Å². The zero-order chi connectivity index (χ0) is 19.1. The van der Waals surface area contributed by atoms with Crippen molar-refractivity contribution in [2.24, 2.45) is 0 Å². The fourth-order valence-electron chi connectivity index (χ4n) is 3.74. The van der Waals surface area contributed by atoms with Crippen molar-refractivity contribution in [3.63, 3.8) is 0 Å². The van der Waals surface area contributed by atoms with E-state index >= 15 is 0 Å². The lowest BCUT2D eigenvalue weighted by Crippen LogP contribution is -2.36. The van der Waals surface area contributed by atoms with E-state index in [1.54, 1.807) is 12.1 Å². The number of hydrogen-bond acceptors (Lipinski definition) is 3. The maximum Gasteiger partial charge on any atom is 0.256 e. The highest BCUT2D eigenvalue weighted by molar-refractivity contribution is 6.34. The molecule has 2 aromatic rings. The standard InChI is InChI=1S/C20H21FN4O2/c1-10-17(8-15-14-7-12(21)3-4-16(14)25-19(15)26)23-11(2)18(10)20(27)24-13-5-6-22-9-13/h3-4,7-8,13,22-23H,5-6,9H2,1-2H3,(H,24,27)(H,25,26)/b15-8-. The van der Waals surface area contributed by atoms with Gasteiger partial charge in [0, 0.05) is 35.2 Å². The highest BCUT2D eigenvalue weighted by Crippen LogP contribution is 2.34. The number of fused-ring (bicyclic) bond motifs is 1. The lowest BCUT2D eigenvalue weighted by Gasteiger charge is -2.11. The Morgan fingerprint density at radius 1 is 1.33 bits per heavy atom. The highest BCUT2D eigenvalue weighted by atomic mass is 19.1. The van der Waals surface area contributed by atoms with Crippen molar-refractivity contribution in [2.75, 3.05) is 18.4 Å². The van der Waals surface area contributed by atoms with Crippen LogP contribution >= 0.6 is 0 Å². The molecule has 2 aliphatic rings. The number of aromatic nitrogens is 1. The molecule has 6 nitrogen and oxygen atoms in total. The number of nitrogens with one attached hydrogen (secondary N) is 4. The normalized spacial score (nSPS) is 20.0. The number of anilines is 1. The molecule has 1 saturated heterocycles. The Labute approximate surface area is 156 Å². The van der Waals surface area contributed by atoms with Crippen molar-refractivity contribution in [1.29, 1.82) is 0 Å². The van der Waals surface area contributed by atoms with Gasteiger partial charge in [-0.15, -0.1) is 0 Å². The second-order valence-electron chi connectivity index (χ2n) is 7.03. The van der Waals surface area contributed by atoms with Crippen molar-refractivity contribution in [3.05, 3.63) is 52.1 Å². The van der Waals surface area contributed by atoms with E-state index < -0.39 is 5.82 Å². The summed E-state index contributed by atoms with van der Waals surface area (Å²) in [5, 5.41) is 9.00. The molecule has 0 aliphatic carbocycles. The molecule has 1 aromatic heterocycles. The third-order valence-corrected chi connectivity index (χ3v) is 5.15. The van der Waals surface area contributed by atoms with E-state index in [-0.39, 0.29) is 17.9 Å². The Morgan fingerprint density at radius 2 is 2.15 bits per heavy atom. The molecule has 1 atom stereocenters. The van der Waals surface area contributed by atoms with Crippen molar-refractivity contribution in [3.8, 4) is 0 Å². The first-order chi connectivity index (χ1) is 12.9. The Hall–Kier alpha value is -2.93. The smallest absolute Gasteiger partial charge is 0.256 e. The molecule has 4 N–H and O–H groups in total. The molecule has 140 valence electrons. The van der Waals surface area contributed by atoms with Crippen LogP contribution in [0.2, 0.25) is 0 Å². The molecule has 3 heterocycles. The molecule has 1 unspecified atom stereocenters. The predicted octanol–water partition coefficient (Wildman–Crippen LogP) is 2.36. The van der Waals surface area contributed by atoms with Crippen molar-refractivity contribution >= 4 is 29.2 Å². The number of rotatable bonds is 3. The van der Waals surface area contributed by atoms with E-state index in [2.05, 4.69) is 20.9 Å². The van der Waals surface area contributed by atoms with Crippen LogP contribution in [0.3, 0.4) is 0 Å². The SMILES string of the molecule is Cc1[nH]c(/C=C2\C(=O)Nc3ccc(F)cc32)c(C)c1C(=O)NC1CCNC1. The predicted molar refractivity (Wildman–Crippen MR) is 102 cm³/mol. The number of aromatic amines is 1. The van der Waals surface area contributed by atoms with Gasteiger partial charge in [-0.1, -0.05) is 0 Å². The summed E-state index contributed by atoms with van der Waals surface area (Å²) in [6, 6.07) is 4.32. The summed E-state index contributed by atoms with van der Waals surface area (Å²) < 4.78 is 13.6. The van der Waals surface area contributed by atoms with Crippen LogP contribution in [0, 0.1) is 19.7 Å². The first kappa shape index (κ1) is 17.5. The minimum Gasteiger partial charge on any atom is -0.358 e. The summed E-state index contributed by atoms with van der Waals surface area (Å²) in [4.78, 5) is 28.2. The molecular weight excluding hydrogens is 347 g/mol. The Bertz CT molecular complexity index is 971. The zero-order valence-corrected chi connectivity index (χ0v) is 15.2. The molecule has 0 bridgehead atoms. The largest absolute Gasteiger partial charge is 0.358 e. The van der Waals surface area contributed by atoms with Gasteiger partial charge in [0.25, 0.3) is 11.8 Å². The minimum atomic E-state index is -0.402. The van der Waals surface area contributed by atoms with Crippen molar-refractivity contribution < 1.29 is 14.0 Å². The molecule has 2 amide bonds. The van der Waals surface area contributed by atoms with Gasteiger partial charge in [-0.2, -0.15) is 0 Å². The minimum absolute atomic E-state index is 0.123. The van der Waals surface area contributed by atoms with Gasteiger partial charge in [0.15, 0.2) is 0 Å². The second kappa shape index (κ2) is 6.66. The van der Waals surface area contributed by atoms with Gasteiger partial charge in [0.2, 0.25) is 0 Å². The summed E-state index contributed by atoms with van der Waals surface area (Å²) in [6.07, 6.45) is 2.59. The van der Waals surface area contributed by atoms with Gasteiger partial charge in [-0.25, -0.2) is 4.39 Å². The maximum absolute atomic E-state index is 13.6. The Kier molecular flexibility index (Phi) is 4.31. The summed E-state index contributed by atoms with van der Waals surface area (Å²) in [6.45, 7) is 5.35. The molecule has 27 heavy (non-hydrogen) atoms. The molecule has 0 radical (unpaired) electrons. The lowest BCUT2D eigenvalue weighted by atomic mass is 10.0. The molecule has 7 heteroatoms. The number of benzene rings is 1.